The zero-order valence-electron chi connectivity index (χ0n) is 14.2. The van der Waals surface area contributed by atoms with Gasteiger partial charge in [0, 0.05) is 18.3 Å². The number of nitrogens with zero attached hydrogens (tertiary/aromatic N) is 7. The van der Waals surface area contributed by atoms with E-state index < -0.39 is 0 Å². The summed E-state index contributed by atoms with van der Waals surface area (Å²) in [4.78, 5) is 16.6. The first-order valence-electron chi connectivity index (χ1n) is 8.96. The molecule has 2 aliphatic heterocycles. The summed E-state index contributed by atoms with van der Waals surface area (Å²) in [6.45, 7) is 0. The lowest BCUT2D eigenvalue weighted by atomic mass is 9.97. The number of hydrogen-bond donors (Lipinski definition) is 0. The second-order valence-corrected chi connectivity index (χ2v) is 6.96. The van der Waals surface area contributed by atoms with Crippen molar-refractivity contribution < 1.29 is 4.79 Å². The van der Waals surface area contributed by atoms with E-state index in [4.69, 9.17) is 0 Å². The number of para-hydroxylation sites is 1. The van der Waals surface area contributed by atoms with Gasteiger partial charge >= 0.3 is 0 Å². The summed E-state index contributed by atoms with van der Waals surface area (Å²) in [5, 5.41) is 16.7. The predicted molar refractivity (Wildman–Crippen MR) is 92.6 cm³/mol. The first-order chi connectivity index (χ1) is 12.8. The molecule has 26 heavy (non-hydrogen) atoms. The highest BCUT2D eigenvalue weighted by Gasteiger charge is 2.44. The molecule has 8 nitrogen and oxygen atoms in total. The second-order valence-electron chi connectivity index (χ2n) is 6.96. The normalized spacial score (nSPS) is 24.8. The molecule has 0 aliphatic carbocycles. The van der Waals surface area contributed by atoms with Gasteiger partial charge in [-0.25, -0.2) is 4.68 Å². The molecular weight excluding hydrogens is 330 g/mol. The van der Waals surface area contributed by atoms with Crippen LogP contribution in [0.2, 0.25) is 0 Å². The summed E-state index contributed by atoms with van der Waals surface area (Å²) in [5.74, 6) is -0.0169. The van der Waals surface area contributed by atoms with E-state index in [1.165, 1.54) is 4.80 Å². The summed E-state index contributed by atoms with van der Waals surface area (Å²) in [7, 11) is 0. The number of piperidine rings is 1. The average Bonchev–Trinajstić information content (AvgIpc) is 3.42. The van der Waals surface area contributed by atoms with Crippen LogP contribution < -0.4 is 0 Å². The molecule has 132 valence electrons. The number of benzene rings is 1. The summed E-state index contributed by atoms with van der Waals surface area (Å²) < 4.78 is 1.93. The summed E-state index contributed by atoms with van der Waals surface area (Å²) in [6, 6.07) is 10.4. The average molecular weight is 349 g/mol. The van der Waals surface area contributed by atoms with Crippen LogP contribution in [0.15, 0.2) is 48.9 Å². The second kappa shape index (κ2) is 6.05. The Kier molecular flexibility index (Phi) is 3.55. The van der Waals surface area contributed by atoms with Gasteiger partial charge in [-0.05, 0) is 37.8 Å². The number of rotatable bonds is 3. The van der Waals surface area contributed by atoms with Crippen molar-refractivity contribution in [1.82, 2.24) is 34.9 Å². The smallest absolute Gasteiger partial charge is 0.276 e. The van der Waals surface area contributed by atoms with Crippen LogP contribution in [0.25, 0.3) is 5.69 Å². The molecule has 2 aliphatic rings. The third-order valence-electron chi connectivity index (χ3n) is 5.46. The molecule has 3 aromatic rings. The van der Waals surface area contributed by atoms with Gasteiger partial charge in [-0.1, -0.05) is 23.4 Å². The van der Waals surface area contributed by atoms with E-state index in [-0.39, 0.29) is 18.0 Å². The highest BCUT2D eigenvalue weighted by Crippen LogP contribution is 2.41. The zero-order chi connectivity index (χ0) is 17.5. The lowest BCUT2D eigenvalue weighted by molar-refractivity contribution is 0.0516. The number of amides is 1. The van der Waals surface area contributed by atoms with E-state index in [2.05, 4.69) is 20.5 Å². The third kappa shape index (κ3) is 2.49. The summed E-state index contributed by atoms with van der Waals surface area (Å²) >= 11 is 0. The molecule has 2 atom stereocenters. The van der Waals surface area contributed by atoms with Gasteiger partial charge in [-0.3, -0.25) is 4.79 Å². The van der Waals surface area contributed by atoms with Gasteiger partial charge in [-0.2, -0.15) is 9.90 Å². The van der Waals surface area contributed by atoms with Crippen LogP contribution in [0.3, 0.4) is 0 Å². The molecule has 0 saturated carbocycles. The molecule has 5 rings (SSSR count). The highest BCUT2D eigenvalue weighted by atomic mass is 16.2. The quantitative estimate of drug-likeness (QED) is 0.721. The largest absolute Gasteiger partial charge is 0.331 e. The van der Waals surface area contributed by atoms with Crippen LogP contribution in [-0.2, 0) is 0 Å². The Bertz CT molecular complexity index is 891. The summed E-state index contributed by atoms with van der Waals surface area (Å²) in [6.07, 6.45) is 9.09. The predicted octanol–water partition coefficient (Wildman–Crippen LogP) is 1.87. The van der Waals surface area contributed by atoms with E-state index in [9.17, 15) is 4.79 Å². The molecule has 2 saturated heterocycles. The van der Waals surface area contributed by atoms with E-state index in [0.29, 0.717) is 11.7 Å². The van der Waals surface area contributed by atoms with E-state index >= 15 is 0 Å². The first kappa shape index (κ1) is 15.2. The Morgan fingerprint density at radius 1 is 1.04 bits per heavy atom. The van der Waals surface area contributed by atoms with Crippen LogP contribution in [0.4, 0.5) is 0 Å². The molecule has 2 fully saturated rings. The first-order valence-corrected chi connectivity index (χ1v) is 8.96. The SMILES string of the molecule is O=C(c1cnn(-c2ccccc2)n1)N1C2CCC1CC(n1ccnn1)C2. The topological polar surface area (TPSA) is 81.7 Å². The summed E-state index contributed by atoms with van der Waals surface area (Å²) in [5.41, 5.74) is 1.25. The van der Waals surface area contributed by atoms with E-state index in [1.54, 1.807) is 12.4 Å². The standard InChI is InChI=1S/C18H19N7O/c26-18(17-12-20-25(21-17)13-4-2-1-3-5-13)24-14-6-7-15(24)11-16(10-14)23-9-8-19-22-23/h1-5,8-9,12,14-16H,6-7,10-11H2. The monoisotopic (exact) mass is 349 g/mol. The van der Waals surface area contributed by atoms with Crippen LogP contribution in [0, 0.1) is 0 Å². The fourth-order valence-electron chi connectivity index (χ4n) is 4.29. The fourth-order valence-corrected chi connectivity index (χ4v) is 4.29. The molecule has 0 N–H and O–H groups in total. The third-order valence-corrected chi connectivity index (χ3v) is 5.46. The van der Waals surface area contributed by atoms with E-state index in [1.807, 2.05) is 46.1 Å². The molecule has 0 radical (unpaired) electrons. The van der Waals surface area contributed by atoms with Gasteiger partial charge in [0.25, 0.3) is 5.91 Å². The fraction of sp³-hybridized carbons (Fsp3) is 0.389. The van der Waals surface area contributed by atoms with Crippen molar-refractivity contribution in [3.63, 3.8) is 0 Å². The minimum Gasteiger partial charge on any atom is -0.331 e. The van der Waals surface area contributed by atoms with Gasteiger partial charge in [0.2, 0.25) is 0 Å². The molecule has 1 aromatic carbocycles. The molecule has 0 spiro atoms. The van der Waals surface area contributed by atoms with Gasteiger partial charge in [0.15, 0.2) is 5.69 Å². The maximum atomic E-state index is 13.1. The molecule has 2 aromatic heterocycles. The number of hydrogen-bond acceptors (Lipinski definition) is 5. The van der Waals surface area contributed by atoms with Gasteiger partial charge in [-0.15, -0.1) is 10.2 Å². The van der Waals surface area contributed by atoms with Crippen molar-refractivity contribution in [3.8, 4) is 5.69 Å². The van der Waals surface area contributed by atoms with Crippen LogP contribution in [0.5, 0.6) is 0 Å². The molecule has 8 heteroatoms. The lowest BCUT2D eigenvalue weighted by Gasteiger charge is -2.38. The molecule has 1 amide bonds. The number of carbonyl (C=O) groups excluding carboxylic acids is 1. The Morgan fingerprint density at radius 2 is 1.81 bits per heavy atom. The van der Waals surface area contributed by atoms with Crippen LogP contribution in [0.1, 0.15) is 42.2 Å². The maximum Gasteiger partial charge on any atom is 0.276 e. The lowest BCUT2D eigenvalue weighted by Crippen LogP contribution is -2.47. The van der Waals surface area contributed by atoms with Crippen molar-refractivity contribution in [2.45, 2.75) is 43.8 Å². The molecular formula is C18H19N7O. The minimum absolute atomic E-state index is 0.0169. The Hall–Kier alpha value is -3.03. The highest BCUT2D eigenvalue weighted by molar-refractivity contribution is 5.92. The number of fused-ring (bicyclic) bond motifs is 2. The Morgan fingerprint density at radius 3 is 2.50 bits per heavy atom. The minimum atomic E-state index is -0.0169. The van der Waals surface area contributed by atoms with Crippen LogP contribution >= 0.6 is 0 Å². The Labute approximate surface area is 150 Å². The molecule has 4 heterocycles. The van der Waals surface area contributed by atoms with Gasteiger partial charge in [0.1, 0.15) is 0 Å². The van der Waals surface area contributed by atoms with Crippen molar-refractivity contribution in [2.24, 2.45) is 0 Å². The molecule has 2 unspecified atom stereocenters. The van der Waals surface area contributed by atoms with Crippen molar-refractivity contribution in [3.05, 3.63) is 54.6 Å². The van der Waals surface area contributed by atoms with E-state index in [0.717, 1.165) is 31.4 Å². The number of carbonyl (C=O) groups is 1. The Balaban J connectivity index is 1.36. The van der Waals surface area contributed by atoms with Gasteiger partial charge < -0.3 is 4.90 Å². The van der Waals surface area contributed by atoms with Gasteiger partial charge in [0.05, 0.1) is 24.1 Å². The molecule has 2 bridgehead atoms. The maximum absolute atomic E-state index is 13.1. The van der Waals surface area contributed by atoms with Crippen LogP contribution in [-0.4, -0.2) is 52.9 Å². The van der Waals surface area contributed by atoms with Crippen molar-refractivity contribution >= 4 is 5.91 Å². The number of aromatic nitrogens is 6. The van der Waals surface area contributed by atoms with Crippen molar-refractivity contribution in [2.75, 3.05) is 0 Å². The van der Waals surface area contributed by atoms with Crippen molar-refractivity contribution in [1.29, 1.82) is 0 Å². The zero-order valence-corrected chi connectivity index (χ0v) is 14.2.